The zero-order chi connectivity index (χ0) is 16.1. The van der Waals surface area contributed by atoms with Crippen LogP contribution in [-0.4, -0.2) is 34.7 Å². The molecule has 124 valence electrons. The summed E-state index contributed by atoms with van der Waals surface area (Å²) < 4.78 is 0. The summed E-state index contributed by atoms with van der Waals surface area (Å²) in [4.78, 5) is 19.5. The molecule has 1 fully saturated rings. The minimum atomic E-state index is 0.162. The van der Waals surface area contributed by atoms with E-state index in [1.165, 1.54) is 10.6 Å². The van der Waals surface area contributed by atoms with Crippen LogP contribution in [0.5, 0.6) is 0 Å². The number of rotatable bonds is 4. The van der Waals surface area contributed by atoms with Crippen molar-refractivity contribution in [2.75, 3.05) is 18.8 Å². The van der Waals surface area contributed by atoms with Gasteiger partial charge in [-0.15, -0.1) is 11.8 Å². The number of likely N-dealkylation sites (tertiary alicyclic amines) is 1. The molecule has 0 radical (unpaired) electrons. The zero-order valence-corrected chi connectivity index (χ0v) is 14.8. The van der Waals surface area contributed by atoms with Gasteiger partial charge < -0.3 is 4.90 Å². The minimum absolute atomic E-state index is 0.162. The Kier molecular flexibility index (Phi) is 5.42. The number of thioether (sulfide) groups is 1. The molecule has 2 aliphatic rings. The molecule has 1 saturated heterocycles. The molecule has 3 nitrogen and oxygen atoms in total. The lowest BCUT2D eigenvalue weighted by Crippen LogP contribution is -2.38. The number of carbonyl (C=O) groups is 1. The van der Waals surface area contributed by atoms with Crippen LogP contribution in [-0.2, 0) is 11.3 Å². The smallest absolute Gasteiger partial charge is 0.222 e. The topological polar surface area (TPSA) is 32.7 Å². The Bertz CT molecular complexity index is 572. The largest absolute Gasteiger partial charge is 0.338 e. The second kappa shape index (κ2) is 7.52. The second-order valence-electron chi connectivity index (χ2n) is 6.57. The van der Waals surface area contributed by atoms with Crippen molar-refractivity contribution >= 4 is 22.7 Å². The highest BCUT2D eigenvalue weighted by Crippen LogP contribution is 2.42. The van der Waals surface area contributed by atoms with Gasteiger partial charge in [0.2, 0.25) is 5.91 Å². The van der Waals surface area contributed by atoms with Crippen molar-refractivity contribution in [3.8, 4) is 0 Å². The number of aliphatic imine (C=N–C) groups is 1. The van der Waals surface area contributed by atoms with E-state index in [4.69, 9.17) is 4.99 Å². The van der Waals surface area contributed by atoms with Crippen molar-refractivity contribution in [3.05, 3.63) is 35.9 Å². The quantitative estimate of drug-likeness (QED) is 0.831. The van der Waals surface area contributed by atoms with Gasteiger partial charge in [0.05, 0.1) is 5.04 Å². The number of benzene rings is 1. The molecule has 0 saturated carbocycles. The number of nitrogens with zero attached hydrogens (tertiary/aromatic N) is 2. The van der Waals surface area contributed by atoms with Crippen LogP contribution in [0.2, 0.25) is 0 Å². The fourth-order valence-electron chi connectivity index (χ4n) is 3.71. The Morgan fingerprint density at radius 3 is 2.78 bits per heavy atom. The lowest BCUT2D eigenvalue weighted by molar-refractivity contribution is -0.133. The average molecular weight is 330 g/mol. The van der Waals surface area contributed by atoms with Crippen molar-refractivity contribution in [1.29, 1.82) is 0 Å². The van der Waals surface area contributed by atoms with E-state index in [0.717, 1.165) is 51.1 Å². The Balaban J connectivity index is 1.67. The molecule has 0 unspecified atom stereocenters. The highest BCUT2D eigenvalue weighted by atomic mass is 32.2. The molecule has 1 amide bonds. The van der Waals surface area contributed by atoms with Crippen molar-refractivity contribution in [1.82, 2.24) is 4.90 Å². The van der Waals surface area contributed by atoms with Gasteiger partial charge in [-0.1, -0.05) is 37.3 Å². The number of carbonyl (C=O) groups excluding carboxylic acids is 1. The van der Waals surface area contributed by atoms with Gasteiger partial charge in [0.25, 0.3) is 0 Å². The van der Waals surface area contributed by atoms with E-state index in [9.17, 15) is 4.79 Å². The summed E-state index contributed by atoms with van der Waals surface area (Å²) in [6.07, 6.45) is 4.95. The van der Waals surface area contributed by atoms with E-state index >= 15 is 0 Å². The number of hydrogen-bond donors (Lipinski definition) is 0. The van der Waals surface area contributed by atoms with Gasteiger partial charge in [-0.3, -0.25) is 9.79 Å². The standard InChI is InChI=1S/C19H26N2OS/c1-2-19(18-20-12-14-23-18)10-6-13-21(17(22)9-11-19)15-16-7-4-3-5-8-16/h3-5,7-8H,2,6,9-15H2,1H3/t19-/m1/s1. The highest BCUT2D eigenvalue weighted by molar-refractivity contribution is 8.14. The summed E-state index contributed by atoms with van der Waals surface area (Å²) in [6.45, 7) is 4.83. The SMILES string of the molecule is CC[C@@]1(C2=NCCS2)CCCN(Cc2ccccc2)C(=O)CC1. The molecule has 0 spiro atoms. The number of amides is 1. The highest BCUT2D eigenvalue weighted by Gasteiger charge is 2.37. The first-order valence-corrected chi connectivity index (χ1v) is 9.71. The molecule has 0 N–H and O–H groups in total. The van der Waals surface area contributed by atoms with E-state index in [1.54, 1.807) is 0 Å². The summed E-state index contributed by atoms with van der Waals surface area (Å²) in [5, 5.41) is 1.32. The first-order chi connectivity index (χ1) is 11.2. The van der Waals surface area contributed by atoms with Gasteiger partial charge in [-0.25, -0.2) is 0 Å². The molecule has 0 aliphatic carbocycles. The molecule has 1 aromatic rings. The van der Waals surface area contributed by atoms with Gasteiger partial charge in [0.1, 0.15) is 0 Å². The van der Waals surface area contributed by atoms with Gasteiger partial charge >= 0.3 is 0 Å². The predicted octanol–water partition coefficient (Wildman–Crippen LogP) is 4.13. The molecule has 4 heteroatoms. The lowest BCUT2D eigenvalue weighted by Gasteiger charge is -2.37. The fourth-order valence-corrected chi connectivity index (χ4v) is 4.92. The zero-order valence-electron chi connectivity index (χ0n) is 14.0. The summed E-state index contributed by atoms with van der Waals surface area (Å²) in [6, 6.07) is 10.3. The van der Waals surface area contributed by atoms with Crippen LogP contribution in [0.3, 0.4) is 0 Å². The first kappa shape index (κ1) is 16.6. The molecule has 2 aliphatic heterocycles. The van der Waals surface area contributed by atoms with Crippen LogP contribution in [0.1, 0.15) is 44.6 Å². The maximum atomic E-state index is 12.7. The van der Waals surface area contributed by atoms with Crippen LogP contribution in [0, 0.1) is 5.41 Å². The van der Waals surface area contributed by atoms with Crippen molar-refractivity contribution in [2.45, 2.75) is 45.6 Å². The Morgan fingerprint density at radius 2 is 2.09 bits per heavy atom. The summed E-state index contributed by atoms with van der Waals surface area (Å²) in [5.41, 5.74) is 1.38. The normalized spacial score (nSPS) is 25.9. The minimum Gasteiger partial charge on any atom is -0.338 e. The molecule has 3 rings (SSSR count). The Hall–Kier alpha value is -1.29. The Morgan fingerprint density at radius 1 is 1.26 bits per heavy atom. The molecule has 0 aromatic heterocycles. The van der Waals surface area contributed by atoms with Crippen molar-refractivity contribution in [3.63, 3.8) is 0 Å². The summed E-state index contributed by atoms with van der Waals surface area (Å²) in [7, 11) is 0. The third-order valence-electron chi connectivity index (χ3n) is 5.19. The van der Waals surface area contributed by atoms with Gasteiger partial charge in [-0.05, 0) is 31.2 Å². The van der Waals surface area contributed by atoms with E-state index < -0.39 is 0 Å². The molecule has 1 atom stereocenters. The number of hydrogen-bond acceptors (Lipinski definition) is 3. The molecule has 2 heterocycles. The first-order valence-electron chi connectivity index (χ1n) is 8.73. The molecule has 23 heavy (non-hydrogen) atoms. The summed E-state index contributed by atoms with van der Waals surface area (Å²) >= 11 is 1.92. The van der Waals surface area contributed by atoms with Gasteiger partial charge in [-0.2, -0.15) is 0 Å². The van der Waals surface area contributed by atoms with Crippen LogP contribution in [0.25, 0.3) is 0 Å². The maximum absolute atomic E-state index is 12.7. The van der Waals surface area contributed by atoms with Crippen LogP contribution >= 0.6 is 11.8 Å². The molecular formula is C19H26N2OS. The third-order valence-corrected chi connectivity index (χ3v) is 6.41. The third kappa shape index (κ3) is 3.79. The molecule has 1 aromatic carbocycles. The van der Waals surface area contributed by atoms with E-state index in [-0.39, 0.29) is 5.41 Å². The maximum Gasteiger partial charge on any atom is 0.222 e. The van der Waals surface area contributed by atoms with Crippen LogP contribution in [0.4, 0.5) is 0 Å². The van der Waals surface area contributed by atoms with E-state index in [0.29, 0.717) is 12.3 Å². The predicted molar refractivity (Wildman–Crippen MR) is 97.8 cm³/mol. The lowest BCUT2D eigenvalue weighted by atomic mass is 9.76. The fraction of sp³-hybridized carbons (Fsp3) is 0.579. The van der Waals surface area contributed by atoms with Gasteiger partial charge in [0.15, 0.2) is 0 Å². The van der Waals surface area contributed by atoms with Crippen molar-refractivity contribution < 1.29 is 4.79 Å². The van der Waals surface area contributed by atoms with Crippen molar-refractivity contribution in [2.24, 2.45) is 10.4 Å². The van der Waals surface area contributed by atoms with Crippen LogP contribution < -0.4 is 0 Å². The summed E-state index contributed by atoms with van der Waals surface area (Å²) in [5.74, 6) is 1.42. The Labute approximate surface area is 143 Å². The second-order valence-corrected chi connectivity index (χ2v) is 7.66. The molecule has 0 bridgehead atoms. The van der Waals surface area contributed by atoms with E-state index in [1.807, 2.05) is 34.9 Å². The average Bonchev–Trinajstić information content (AvgIpc) is 3.11. The van der Waals surface area contributed by atoms with Crippen LogP contribution in [0.15, 0.2) is 35.3 Å². The molecular weight excluding hydrogens is 304 g/mol. The van der Waals surface area contributed by atoms with E-state index in [2.05, 4.69) is 19.1 Å². The monoisotopic (exact) mass is 330 g/mol. The van der Waals surface area contributed by atoms with Gasteiger partial charge in [0, 0.05) is 37.2 Å².